The molecule has 1 aliphatic heterocycles. The van der Waals surface area contributed by atoms with Gasteiger partial charge in [0.15, 0.2) is 9.84 Å². The molecular formula is C21H41NO4S3. The predicted molar refractivity (Wildman–Crippen MR) is 128 cm³/mol. The number of rotatable bonds is 7. The molecule has 0 aromatic heterocycles. The molecule has 0 N–H and O–H groups in total. The van der Waals surface area contributed by atoms with Crippen LogP contribution in [0.2, 0.25) is 0 Å². The van der Waals surface area contributed by atoms with Crippen molar-refractivity contribution in [2.24, 2.45) is 5.92 Å². The Bertz CT molecular complexity index is 644. The molecule has 1 unspecified atom stereocenters. The first-order valence-corrected chi connectivity index (χ1v) is 14.0. The minimum Gasteiger partial charge on any atom is -0.276 e. The van der Waals surface area contributed by atoms with Crippen LogP contribution in [0.25, 0.3) is 0 Å². The standard InChI is InChI=1S/C12H21NO2S.C9H20O2S2/c1-11(2,3)13-9(14)7-8(10(13)15)16-12(4,5)6;1-8(2)7-13(10,11)6-5-12-9(3)4/h8H,7H2,1-6H3;8-9H,5-7H2,1-4H3. The fourth-order valence-corrected chi connectivity index (χ4v) is 7.17. The van der Waals surface area contributed by atoms with E-state index in [1.807, 2.05) is 34.6 Å². The molecule has 172 valence electrons. The van der Waals surface area contributed by atoms with Crippen LogP contribution < -0.4 is 0 Å². The number of likely N-dealkylation sites (tertiary alicyclic amines) is 1. The van der Waals surface area contributed by atoms with E-state index in [4.69, 9.17) is 0 Å². The molecule has 0 aromatic carbocycles. The van der Waals surface area contributed by atoms with Gasteiger partial charge < -0.3 is 0 Å². The van der Waals surface area contributed by atoms with Crippen molar-refractivity contribution in [2.75, 3.05) is 17.3 Å². The van der Waals surface area contributed by atoms with Crippen molar-refractivity contribution in [2.45, 2.75) is 96.4 Å². The van der Waals surface area contributed by atoms with Crippen molar-refractivity contribution in [3.8, 4) is 0 Å². The van der Waals surface area contributed by atoms with Gasteiger partial charge in [0, 0.05) is 22.5 Å². The lowest BCUT2D eigenvalue weighted by Gasteiger charge is -2.30. The van der Waals surface area contributed by atoms with Crippen LogP contribution >= 0.6 is 23.5 Å². The van der Waals surface area contributed by atoms with E-state index >= 15 is 0 Å². The maximum atomic E-state index is 12.1. The molecule has 8 heteroatoms. The highest BCUT2D eigenvalue weighted by molar-refractivity contribution is 8.02. The number of carbonyl (C=O) groups excluding carboxylic acids is 2. The van der Waals surface area contributed by atoms with Gasteiger partial charge in [-0.3, -0.25) is 14.5 Å². The summed E-state index contributed by atoms with van der Waals surface area (Å²) in [5.41, 5.74) is -0.401. The Morgan fingerprint density at radius 1 is 1.03 bits per heavy atom. The minimum absolute atomic E-state index is 0.00843. The smallest absolute Gasteiger partial charge is 0.243 e. The molecule has 0 bridgehead atoms. The Balaban J connectivity index is 0.000000555. The van der Waals surface area contributed by atoms with Crippen molar-refractivity contribution in [1.82, 2.24) is 4.90 Å². The molecule has 0 spiro atoms. The van der Waals surface area contributed by atoms with E-state index in [0.717, 1.165) is 5.75 Å². The lowest BCUT2D eigenvalue weighted by molar-refractivity contribution is -0.143. The molecule has 0 radical (unpaired) electrons. The first-order chi connectivity index (χ1) is 12.9. The van der Waals surface area contributed by atoms with Crippen LogP contribution in [0.5, 0.6) is 0 Å². The Kier molecular flexibility index (Phi) is 11.3. The van der Waals surface area contributed by atoms with Gasteiger partial charge in [0.1, 0.15) is 0 Å². The maximum absolute atomic E-state index is 12.1. The van der Waals surface area contributed by atoms with E-state index in [0.29, 0.717) is 23.2 Å². The number of nitrogens with zero attached hydrogens (tertiary/aromatic N) is 1. The highest BCUT2D eigenvalue weighted by Crippen LogP contribution is 2.36. The van der Waals surface area contributed by atoms with Crippen molar-refractivity contribution < 1.29 is 18.0 Å². The third kappa shape index (κ3) is 12.3. The molecule has 29 heavy (non-hydrogen) atoms. The Labute approximate surface area is 187 Å². The number of imide groups is 1. The summed E-state index contributed by atoms with van der Waals surface area (Å²) in [6.07, 6.45) is 0.345. The van der Waals surface area contributed by atoms with Gasteiger partial charge >= 0.3 is 0 Å². The first kappa shape index (κ1) is 28.8. The van der Waals surface area contributed by atoms with Gasteiger partial charge in [-0.15, -0.1) is 11.8 Å². The van der Waals surface area contributed by atoms with Gasteiger partial charge in [0.25, 0.3) is 0 Å². The van der Waals surface area contributed by atoms with Gasteiger partial charge in [0.05, 0.1) is 16.8 Å². The van der Waals surface area contributed by atoms with Crippen molar-refractivity contribution in [1.29, 1.82) is 0 Å². The van der Waals surface area contributed by atoms with Crippen molar-refractivity contribution >= 4 is 45.2 Å². The molecule has 1 heterocycles. The Hall–Kier alpha value is -0.210. The van der Waals surface area contributed by atoms with Gasteiger partial charge in [-0.2, -0.15) is 11.8 Å². The first-order valence-electron chi connectivity index (χ1n) is 10.2. The number of carbonyl (C=O) groups is 2. The fraction of sp³-hybridized carbons (Fsp3) is 0.905. The SMILES string of the molecule is CC(C)(C)SC1CC(=O)N(C(C)(C)C)C1=O.CC(C)CS(=O)(=O)CCSC(C)C. The monoisotopic (exact) mass is 467 g/mol. The zero-order chi connectivity index (χ0) is 23.2. The van der Waals surface area contributed by atoms with Gasteiger partial charge in [-0.25, -0.2) is 8.42 Å². The normalized spacial score (nSPS) is 18.5. The fourth-order valence-electron chi connectivity index (χ4n) is 2.83. The van der Waals surface area contributed by atoms with Gasteiger partial charge in [-0.1, -0.05) is 48.5 Å². The van der Waals surface area contributed by atoms with E-state index in [2.05, 4.69) is 34.6 Å². The third-order valence-corrected chi connectivity index (χ3v) is 8.43. The quantitative estimate of drug-likeness (QED) is 0.508. The molecule has 1 saturated heterocycles. The molecule has 1 atom stereocenters. The third-order valence-electron chi connectivity index (χ3n) is 3.70. The number of amides is 2. The highest BCUT2D eigenvalue weighted by atomic mass is 32.2. The molecule has 1 fully saturated rings. The average molecular weight is 468 g/mol. The second kappa shape index (κ2) is 11.4. The zero-order valence-electron chi connectivity index (χ0n) is 19.9. The topological polar surface area (TPSA) is 71.5 Å². The summed E-state index contributed by atoms with van der Waals surface area (Å²) in [7, 11) is -2.80. The molecule has 2 amide bonds. The Morgan fingerprint density at radius 3 is 1.90 bits per heavy atom. The molecule has 5 nitrogen and oxygen atoms in total. The van der Waals surface area contributed by atoms with Crippen LogP contribution in [0.3, 0.4) is 0 Å². The Morgan fingerprint density at radius 2 is 1.55 bits per heavy atom. The average Bonchev–Trinajstić information content (AvgIpc) is 2.68. The molecule has 0 aromatic rings. The van der Waals surface area contributed by atoms with E-state index in [9.17, 15) is 18.0 Å². The van der Waals surface area contributed by atoms with Gasteiger partial charge in [-0.05, 0) is 31.9 Å². The van der Waals surface area contributed by atoms with E-state index < -0.39 is 15.4 Å². The van der Waals surface area contributed by atoms with Crippen LogP contribution in [-0.2, 0) is 19.4 Å². The lowest BCUT2D eigenvalue weighted by Crippen LogP contribution is -2.46. The highest BCUT2D eigenvalue weighted by Gasteiger charge is 2.45. The molecule has 1 rings (SSSR count). The summed E-state index contributed by atoms with van der Waals surface area (Å²) >= 11 is 3.29. The van der Waals surface area contributed by atoms with Crippen LogP contribution in [-0.4, -0.2) is 63.2 Å². The second-order valence-corrected chi connectivity index (χ2v) is 16.0. The predicted octanol–water partition coefficient (Wildman–Crippen LogP) is 4.64. The minimum atomic E-state index is -2.80. The zero-order valence-corrected chi connectivity index (χ0v) is 22.3. The summed E-state index contributed by atoms with van der Waals surface area (Å²) in [4.78, 5) is 25.4. The van der Waals surface area contributed by atoms with Gasteiger partial charge in [0.2, 0.25) is 11.8 Å². The summed E-state index contributed by atoms with van der Waals surface area (Å²) in [5, 5.41) is 0.320. The number of hydrogen-bond acceptors (Lipinski definition) is 6. The summed E-state index contributed by atoms with van der Waals surface area (Å²) < 4.78 is 22.8. The molecular weight excluding hydrogens is 426 g/mol. The van der Waals surface area contributed by atoms with E-state index in [-0.39, 0.29) is 27.7 Å². The molecule has 1 aliphatic rings. The van der Waals surface area contributed by atoms with Crippen molar-refractivity contribution in [3.05, 3.63) is 0 Å². The molecule has 0 aliphatic carbocycles. The number of thioether (sulfide) groups is 2. The largest absolute Gasteiger partial charge is 0.276 e. The number of sulfone groups is 1. The van der Waals surface area contributed by atoms with Crippen molar-refractivity contribution in [3.63, 3.8) is 0 Å². The number of hydrogen-bond donors (Lipinski definition) is 0. The van der Waals surface area contributed by atoms with Crippen LogP contribution in [0.15, 0.2) is 0 Å². The second-order valence-electron chi connectivity index (χ2n) is 10.1. The van der Waals surface area contributed by atoms with Crippen LogP contribution in [0.1, 0.15) is 75.7 Å². The summed E-state index contributed by atoms with van der Waals surface area (Å²) in [6.45, 7) is 19.9. The lowest BCUT2D eigenvalue weighted by atomic mass is 10.1. The molecule has 0 saturated carbocycles. The summed E-state index contributed by atoms with van der Waals surface area (Å²) in [6, 6.07) is 0. The van der Waals surface area contributed by atoms with E-state index in [1.165, 1.54) is 4.90 Å². The van der Waals surface area contributed by atoms with Crippen LogP contribution in [0.4, 0.5) is 0 Å². The summed E-state index contributed by atoms with van der Waals surface area (Å²) in [5.74, 6) is 1.55. The maximum Gasteiger partial charge on any atom is 0.243 e. The van der Waals surface area contributed by atoms with Crippen LogP contribution in [0, 0.1) is 5.92 Å². The van der Waals surface area contributed by atoms with E-state index in [1.54, 1.807) is 23.5 Å².